The van der Waals surface area contributed by atoms with Gasteiger partial charge in [0.15, 0.2) is 11.5 Å². The number of methoxy groups -OCH3 is 2. The minimum Gasteiger partial charge on any atom is -0.493 e. The summed E-state index contributed by atoms with van der Waals surface area (Å²) in [5.41, 5.74) is 1.62. The molecule has 0 bridgehead atoms. The summed E-state index contributed by atoms with van der Waals surface area (Å²) in [7, 11) is -4.44. The van der Waals surface area contributed by atoms with Crippen molar-refractivity contribution in [2.45, 2.75) is 11.3 Å². The Morgan fingerprint density at radius 2 is 1.67 bits per heavy atom. The molecule has 146 valence electrons. The Morgan fingerprint density at radius 1 is 0.963 bits per heavy atom. The molecule has 1 aliphatic heterocycles. The third-order valence-corrected chi connectivity index (χ3v) is 6.81. The largest absolute Gasteiger partial charge is 0.493 e. The summed E-state index contributed by atoms with van der Waals surface area (Å²) in [5, 5.41) is 0. The number of nitrogens with one attached hydrogen (secondary N) is 1. The van der Waals surface area contributed by atoms with Crippen LogP contribution in [0.15, 0.2) is 41.3 Å². The topological polar surface area (TPSA) is 102 Å². The molecule has 0 saturated heterocycles. The van der Waals surface area contributed by atoms with Crippen LogP contribution in [0.3, 0.4) is 0 Å². The van der Waals surface area contributed by atoms with Crippen molar-refractivity contribution in [3.63, 3.8) is 0 Å². The van der Waals surface area contributed by atoms with Gasteiger partial charge in [-0.15, -0.1) is 0 Å². The van der Waals surface area contributed by atoms with Gasteiger partial charge in [-0.3, -0.25) is 9.03 Å². The number of fused-ring (bicyclic) bond motifs is 1. The molecule has 1 N–H and O–H groups in total. The van der Waals surface area contributed by atoms with E-state index in [1.165, 1.54) is 42.8 Å². The van der Waals surface area contributed by atoms with Crippen LogP contribution in [-0.4, -0.2) is 43.9 Å². The first-order chi connectivity index (χ1) is 12.7. The van der Waals surface area contributed by atoms with Gasteiger partial charge < -0.3 is 9.47 Å². The standard InChI is InChI=1S/C17H20N2O6S2/c1-24-16-7-6-14(11-17(16)25-2)27(22,23)18-13-5-4-12-8-9-19(15(12)10-13)26(3,20)21/h4-7,10-11,18H,8-9H2,1-3H3. The lowest BCUT2D eigenvalue weighted by Crippen LogP contribution is -2.27. The van der Waals surface area contributed by atoms with E-state index in [1.54, 1.807) is 12.1 Å². The van der Waals surface area contributed by atoms with Gasteiger partial charge in [0, 0.05) is 12.6 Å². The Hall–Kier alpha value is -2.46. The average molecular weight is 412 g/mol. The number of anilines is 2. The number of hydrogen-bond donors (Lipinski definition) is 1. The summed E-state index contributed by atoms with van der Waals surface area (Å²) in [4.78, 5) is 0.000572. The molecule has 8 nitrogen and oxygen atoms in total. The van der Waals surface area contributed by atoms with Crippen LogP contribution in [0.25, 0.3) is 0 Å². The highest BCUT2D eigenvalue weighted by molar-refractivity contribution is 7.92. The normalized spacial score (nSPS) is 14.0. The molecule has 0 atom stereocenters. The SMILES string of the molecule is COc1ccc(S(=O)(=O)Nc2ccc3c(c2)N(S(C)(=O)=O)CC3)cc1OC. The van der Waals surface area contributed by atoms with Gasteiger partial charge in [-0.1, -0.05) is 6.07 Å². The second-order valence-electron chi connectivity index (χ2n) is 6.05. The minimum atomic E-state index is -3.89. The molecule has 0 aliphatic carbocycles. The summed E-state index contributed by atoms with van der Waals surface area (Å²) >= 11 is 0. The molecule has 0 fully saturated rings. The van der Waals surface area contributed by atoms with Crippen molar-refractivity contribution in [1.29, 1.82) is 0 Å². The maximum atomic E-state index is 12.7. The van der Waals surface area contributed by atoms with Crippen molar-refractivity contribution in [2.24, 2.45) is 0 Å². The predicted octanol–water partition coefficient (Wildman–Crippen LogP) is 1.83. The van der Waals surface area contributed by atoms with E-state index in [1.807, 2.05) is 0 Å². The highest BCUT2D eigenvalue weighted by atomic mass is 32.2. The average Bonchev–Trinajstić information content (AvgIpc) is 3.04. The molecule has 0 saturated carbocycles. The van der Waals surface area contributed by atoms with Gasteiger partial charge in [0.05, 0.1) is 36.7 Å². The maximum Gasteiger partial charge on any atom is 0.262 e. The van der Waals surface area contributed by atoms with Crippen LogP contribution >= 0.6 is 0 Å². The summed E-state index contributed by atoms with van der Waals surface area (Å²) in [6.45, 7) is 0.347. The summed E-state index contributed by atoms with van der Waals surface area (Å²) in [5.74, 6) is 0.704. The Balaban J connectivity index is 1.94. The molecule has 2 aromatic rings. The van der Waals surface area contributed by atoms with E-state index in [4.69, 9.17) is 9.47 Å². The number of hydrogen-bond acceptors (Lipinski definition) is 6. The van der Waals surface area contributed by atoms with E-state index in [-0.39, 0.29) is 16.3 Å². The molecule has 10 heteroatoms. The first kappa shape index (κ1) is 19.3. The third-order valence-electron chi connectivity index (χ3n) is 4.26. The number of sulfonamides is 2. The fourth-order valence-corrected chi connectivity index (χ4v) is 4.97. The van der Waals surface area contributed by atoms with Crippen molar-refractivity contribution in [2.75, 3.05) is 36.0 Å². The highest BCUT2D eigenvalue weighted by Crippen LogP contribution is 2.34. The van der Waals surface area contributed by atoms with E-state index >= 15 is 0 Å². The molecular weight excluding hydrogens is 392 g/mol. The van der Waals surface area contributed by atoms with Crippen molar-refractivity contribution >= 4 is 31.4 Å². The summed E-state index contributed by atoms with van der Waals surface area (Å²) in [6, 6.07) is 9.14. The van der Waals surface area contributed by atoms with Gasteiger partial charge in [-0.25, -0.2) is 16.8 Å². The van der Waals surface area contributed by atoms with E-state index in [9.17, 15) is 16.8 Å². The Labute approximate surface area is 158 Å². The van der Waals surface area contributed by atoms with Gasteiger partial charge in [-0.05, 0) is 36.2 Å². The second-order valence-corrected chi connectivity index (χ2v) is 9.64. The lowest BCUT2D eigenvalue weighted by molar-refractivity contribution is 0.354. The van der Waals surface area contributed by atoms with Crippen LogP contribution in [-0.2, 0) is 26.5 Å². The zero-order valence-electron chi connectivity index (χ0n) is 15.1. The lowest BCUT2D eigenvalue weighted by atomic mass is 10.1. The molecule has 1 heterocycles. The lowest BCUT2D eigenvalue weighted by Gasteiger charge is -2.17. The first-order valence-corrected chi connectivity index (χ1v) is 11.3. The summed E-state index contributed by atoms with van der Waals surface area (Å²) < 4.78 is 63.2. The van der Waals surface area contributed by atoms with Crippen LogP contribution in [0.5, 0.6) is 11.5 Å². The van der Waals surface area contributed by atoms with E-state index in [2.05, 4.69) is 4.72 Å². The van der Waals surface area contributed by atoms with Gasteiger partial charge in [0.25, 0.3) is 10.0 Å². The van der Waals surface area contributed by atoms with Crippen LogP contribution < -0.4 is 18.5 Å². The van der Waals surface area contributed by atoms with E-state index < -0.39 is 20.0 Å². The van der Waals surface area contributed by atoms with E-state index in [0.717, 1.165) is 11.8 Å². The quantitative estimate of drug-likeness (QED) is 0.777. The molecule has 0 radical (unpaired) electrons. The zero-order chi connectivity index (χ0) is 19.8. The molecule has 3 rings (SSSR count). The fourth-order valence-electron chi connectivity index (χ4n) is 2.96. The minimum absolute atomic E-state index is 0.000572. The summed E-state index contributed by atoms with van der Waals surface area (Å²) in [6.07, 6.45) is 1.72. The fraction of sp³-hybridized carbons (Fsp3) is 0.294. The highest BCUT2D eigenvalue weighted by Gasteiger charge is 2.27. The van der Waals surface area contributed by atoms with Crippen molar-refractivity contribution in [3.05, 3.63) is 42.0 Å². The van der Waals surface area contributed by atoms with Gasteiger partial charge in [0.1, 0.15) is 0 Å². The van der Waals surface area contributed by atoms with Crippen LogP contribution in [0, 0.1) is 0 Å². The number of benzene rings is 2. The van der Waals surface area contributed by atoms with Crippen LogP contribution in [0.1, 0.15) is 5.56 Å². The monoisotopic (exact) mass is 412 g/mol. The van der Waals surface area contributed by atoms with Gasteiger partial charge in [0.2, 0.25) is 10.0 Å². The number of ether oxygens (including phenoxy) is 2. The molecule has 0 aromatic heterocycles. The Kier molecular flexibility index (Phi) is 4.96. The van der Waals surface area contributed by atoms with Crippen molar-refractivity contribution in [1.82, 2.24) is 0 Å². The second kappa shape index (κ2) is 6.93. The molecule has 0 unspecified atom stereocenters. The molecule has 27 heavy (non-hydrogen) atoms. The van der Waals surface area contributed by atoms with E-state index in [0.29, 0.717) is 24.4 Å². The van der Waals surface area contributed by atoms with Gasteiger partial charge in [-0.2, -0.15) is 0 Å². The molecule has 0 spiro atoms. The molecule has 1 aliphatic rings. The number of rotatable bonds is 6. The van der Waals surface area contributed by atoms with Crippen molar-refractivity contribution < 1.29 is 26.3 Å². The van der Waals surface area contributed by atoms with Crippen LogP contribution in [0.2, 0.25) is 0 Å². The third kappa shape index (κ3) is 3.81. The smallest absolute Gasteiger partial charge is 0.262 e. The van der Waals surface area contributed by atoms with Gasteiger partial charge >= 0.3 is 0 Å². The zero-order valence-corrected chi connectivity index (χ0v) is 16.7. The van der Waals surface area contributed by atoms with Crippen LogP contribution in [0.4, 0.5) is 11.4 Å². The maximum absolute atomic E-state index is 12.7. The molecule has 0 amide bonds. The number of nitrogens with zero attached hydrogens (tertiary/aromatic N) is 1. The van der Waals surface area contributed by atoms with Crippen molar-refractivity contribution in [3.8, 4) is 11.5 Å². The molecule has 2 aromatic carbocycles. The first-order valence-electron chi connectivity index (χ1n) is 8.01. The predicted molar refractivity (Wildman–Crippen MR) is 103 cm³/mol. The Morgan fingerprint density at radius 3 is 2.30 bits per heavy atom. The Bertz CT molecular complexity index is 1080. The molecular formula is C17H20N2O6S2.